The van der Waals surface area contributed by atoms with Crippen molar-refractivity contribution in [3.8, 4) is 11.5 Å². The maximum Gasteiger partial charge on any atom is 0.162 e. The van der Waals surface area contributed by atoms with Crippen LogP contribution in [0.3, 0.4) is 0 Å². The molecule has 0 saturated heterocycles. The number of Topliss-reactive ketones (excluding diaryl/α,β-unsaturated/α-hetero) is 2. The number of hydrogen-bond donors (Lipinski definition) is 0. The highest BCUT2D eigenvalue weighted by Gasteiger charge is 2.50. The van der Waals surface area contributed by atoms with E-state index in [0.717, 1.165) is 48.0 Å². The number of ether oxygens (including phenoxy) is 2. The number of aryl methyl sites for hydroxylation is 2. The fraction of sp³-hybridized carbons (Fsp3) is 0.538. The lowest BCUT2D eigenvalue weighted by atomic mass is 9.63. The van der Waals surface area contributed by atoms with Gasteiger partial charge in [0.25, 0.3) is 0 Å². The number of hydrogen-bond acceptors (Lipinski definition) is 5. The zero-order valence-corrected chi connectivity index (χ0v) is 27.8. The van der Waals surface area contributed by atoms with E-state index in [2.05, 4.69) is 70.7 Å². The summed E-state index contributed by atoms with van der Waals surface area (Å²) in [5.41, 5.74) is 8.31. The van der Waals surface area contributed by atoms with Crippen LogP contribution in [-0.2, 0) is 16.2 Å². The van der Waals surface area contributed by atoms with Gasteiger partial charge in [0.2, 0.25) is 0 Å². The van der Waals surface area contributed by atoms with Crippen molar-refractivity contribution in [3.63, 3.8) is 0 Å². The Balaban J connectivity index is 1.46. The molecule has 1 aliphatic heterocycles. The molecule has 0 radical (unpaired) electrons. The van der Waals surface area contributed by atoms with Gasteiger partial charge < -0.3 is 14.4 Å². The van der Waals surface area contributed by atoms with Gasteiger partial charge in [-0.2, -0.15) is 0 Å². The number of ketones is 2. The lowest BCUT2D eigenvalue weighted by molar-refractivity contribution is -0.119. The first-order valence-electron chi connectivity index (χ1n) is 16.6. The van der Waals surface area contributed by atoms with Gasteiger partial charge in [0.15, 0.2) is 23.1 Å². The van der Waals surface area contributed by atoms with Gasteiger partial charge in [0.1, 0.15) is 6.61 Å². The van der Waals surface area contributed by atoms with Crippen molar-refractivity contribution >= 4 is 11.6 Å². The smallest absolute Gasteiger partial charge is 0.162 e. The first-order chi connectivity index (χ1) is 20.9. The third kappa shape index (κ3) is 5.75. The second-order valence-electron chi connectivity index (χ2n) is 15.3. The van der Waals surface area contributed by atoms with E-state index in [9.17, 15) is 9.59 Å². The van der Waals surface area contributed by atoms with Crippen molar-refractivity contribution in [1.29, 1.82) is 0 Å². The fourth-order valence-electron chi connectivity index (χ4n) is 8.15. The molecule has 0 N–H and O–H groups in total. The number of methoxy groups -OCH3 is 1. The van der Waals surface area contributed by atoms with E-state index < -0.39 is 0 Å². The van der Waals surface area contributed by atoms with Crippen molar-refractivity contribution < 1.29 is 19.1 Å². The van der Waals surface area contributed by atoms with E-state index in [0.29, 0.717) is 37.0 Å². The Morgan fingerprint density at radius 2 is 1.36 bits per heavy atom. The topological polar surface area (TPSA) is 55.8 Å². The number of allylic oxidation sites excluding steroid dienone is 4. The van der Waals surface area contributed by atoms with Gasteiger partial charge in [-0.05, 0) is 84.7 Å². The van der Waals surface area contributed by atoms with Crippen molar-refractivity contribution in [3.05, 3.63) is 81.2 Å². The summed E-state index contributed by atoms with van der Waals surface area (Å²) < 4.78 is 12.1. The molecule has 5 heteroatoms. The summed E-state index contributed by atoms with van der Waals surface area (Å²) in [7, 11) is 1.66. The Morgan fingerprint density at radius 1 is 0.750 bits per heavy atom. The normalized spacial score (nSPS) is 22.2. The maximum atomic E-state index is 14.2. The Hall–Kier alpha value is -3.34. The van der Waals surface area contributed by atoms with Crippen LogP contribution in [0.1, 0.15) is 114 Å². The molecular formula is C39H49NO4. The van der Waals surface area contributed by atoms with Gasteiger partial charge in [-0.25, -0.2) is 0 Å². The molecule has 44 heavy (non-hydrogen) atoms. The largest absolute Gasteiger partial charge is 0.493 e. The molecule has 5 nitrogen and oxygen atoms in total. The molecule has 2 aromatic rings. The zero-order valence-electron chi connectivity index (χ0n) is 27.8. The van der Waals surface area contributed by atoms with E-state index >= 15 is 0 Å². The summed E-state index contributed by atoms with van der Waals surface area (Å²) in [5.74, 6) is 1.26. The predicted molar refractivity (Wildman–Crippen MR) is 175 cm³/mol. The highest BCUT2D eigenvalue weighted by atomic mass is 16.5. The number of carbonyl (C=O) groups is 2. The third-order valence-corrected chi connectivity index (χ3v) is 10.4. The Bertz CT molecular complexity index is 1500. The molecule has 2 aromatic carbocycles. The second-order valence-corrected chi connectivity index (χ2v) is 15.3. The average Bonchev–Trinajstić information content (AvgIpc) is 2.96. The summed E-state index contributed by atoms with van der Waals surface area (Å²) in [6.45, 7) is 13.5. The first-order valence-corrected chi connectivity index (χ1v) is 16.6. The van der Waals surface area contributed by atoms with E-state index in [1.165, 1.54) is 41.8 Å². The molecule has 234 valence electrons. The van der Waals surface area contributed by atoms with Crippen LogP contribution in [0.4, 0.5) is 0 Å². The fourth-order valence-corrected chi connectivity index (χ4v) is 8.15. The SMILES string of the molecule is COc1cc(C2C3=C(CC(C)(C)CC3=O)N(C3CCCCC3)C3=C2C(=O)CC(C)(C)C3)ccc1OCc1ccc(C)c(C)c1. The second kappa shape index (κ2) is 11.5. The monoisotopic (exact) mass is 595 g/mol. The maximum absolute atomic E-state index is 14.2. The van der Waals surface area contributed by atoms with Gasteiger partial charge in [-0.1, -0.05) is 71.2 Å². The molecule has 0 amide bonds. The molecular weight excluding hydrogens is 546 g/mol. The highest BCUT2D eigenvalue weighted by Crippen LogP contribution is 2.56. The van der Waals surface area contributed by atoms with E-state index in [1.54, 1.807) is 7.11 Å². The zero-order chi connectivity index (χ0) is 31.4. The molecule has 1 heterocycles. The minimum Gasteiger partial charge on any atom is -0.493 e. The summed E-state index contributed by atoms with van der Waals surface area (Å²) in [6, 6.07) is 12.7. The van der Waals surface area contributed by atoms with Crippen LogP contribution in [0.2, 0.25) is 0 Å². The molecule has 1 fully saturated rings. The lowest BCUT2D eigenvalue weighted by Crippen LogP contribution is -2.48. The number of benzene rings is 2. The van der Waals surface area contributed by atoms with Crippen LogP contribution in [0, 0.1) is 24.7 Å². The predicted octanol–water partition coefficient (Wildman–Crippen LogP) is 8.91. The van der Waals surface area contributed by atoms with Crippen LogP contribution >= 0.6 is 0 Å². The summed E-state index contributed by atoms with van der Waals surface area (Å²) in [4.78, 5) is 31.0. The highest BCUT2D eigenvalue weighted by molar-refractivity contribution is 6.06. The van der Waals surface area contributed by atoms with Crippen LogP contribution in [0.25, 0.3) is 0 Å². The van der Waals surface area contributed by atoms with Crippen molar-refractivity contribution in [1.82, 2.24) is 4.90 Å². The number of rotatable bonds is 6. The molecule has 3 aliphatic carbocycles. The number of carbonyl (C=O) groups excluding carboxylic acids is 2. The lowest BCUT2D eigenvalue weighted by Gasteiger charge is -2.52. The summed E-state index contributed by atoms with van der Waals surface area (Å²) in [5, 5.41) is 0. The van der Waals surface area contributed by atoms with Crippen molar-refractivity contribution in [2.24, 2.45) is 10.8 Å². The van der Waals surface area contributed by atoms with Gasteiger partial charge in [0.05, 0.1) is 7.11 Å². The molecule has 0 atom stereocenters. The van der Waals surface area contributed by atoms with Gasteiger partial charge in [-0.3, -0.25) is 9.59 Å². The molecule has 4 aliphatic rings. The van der Waals surface area contributed by atoms with Gasteiger partial charge >= 0.3 is 0 Å². The first kappa shape index (κ1) is 30.7. The van der Waals surface area contributed by atoms with Crippen LogP contribution in [-0.4, -0.2) is 29.6 Å². The molecule has 0 spiro atoms. The standard InChI is InChI=1S/C39H49NO4/c1-24-13-14-26(17-25(24)2)23-44-33-16-15-27(18-34(33)43-7)35-36-29(19-38(3,4)21-31(36)41)40(28-11-9-8-10-12-28)30-20-39(5,6)22-32(42)37(30)35/h13-18,28,35H,8-12,19-23H2,1-7H3. The van der Waals surface area contributed by atoms with Crippen LogP contribution in [0.5, 0.6) is 11.5 Å². The quantitative estimate of drug-likeness (QED) is 0.334. The summed E-state index contributed by atoms with van der Waals surface area (Å²) in [6.07, 6.45) is 8.58. The van der Waals surface area contributed by atoms with Crippen LogP contribution in [0.15, 0.2) is 58.9 Å². The minimum atomic E-state index is -0.380. The van der Waals surface area contributed by atoms with E-state index in [1.807, 2.05) is 12.1 Å². The Labute approximate surface area is 263 Å². The minimum absolute atomic E-state index is 0.122. The molecule has 0 aromatic heterocycles. The molecule has 6 rings (SSSR count). The van der Waals surface area contributed by atoms with Crippen LogP contribution < -0.4 is 9.47 Å². The Morgan fingerprint density at radius 3 is 1.93 bits per heavy atom. The van der Waals surface area contributed by atoms with E-state index in [-0.39, 0.29) is 28.3 Å². The average molecular weight is 596 g/mol. The van der Waals surface area contributed by atoms with E-state index in [4.69, 9.17) is 9.47 Å². The van der Waals surface area contributed by atoms with Gasteiger partial charge in [0, 0.05) is 47.3 Å². The molecule has 0 unspecified atom stereocenters. The van der Waals surface area contributed by atoms with Crippen molar-refractivity contribution in [2.75, 3.05) is 7.11 Å². The van der Waals surface area contributed by atoms with Gasteiger partial charge in [-0.15, -0.1) is 0 Å². The number of nitrogens with zero attached hydrogens (tertiary/aromatic N) is 1. The third-order valence-electron chi connectivity index (χ3n) is 10.4. The molecule has 1 saturated carbocycles. The van der Waals surface area contributed by atoms with Crippen molar-refractivity contribution in [2.45, 2.75) is 118 Å². The Kier molecular flexibility index (Phi) is 8.05. The molecule has 0 bridgehead atoms. The summed E-state index contributed by atoms with van der Waals surface area (Å²) >= 11 is 0.